The van der Waals surface area contributed by atoms with E-state index in [2.05, 4.69) is 5.10 Å². The zero-order valence-corrected chi connectivity index (χ0v) is 22.3. The van der Waals surface area contributed by atoms with Crippen LogP contribution in [0.4, 0.5) is 17.6 Å². The zero-order chi connectivity index (χ0) is 28.7. The summed E-state index contributed by atoms with van der Waals surface area (Å²) in [6.45, 7) is 1.65. The van der Waals surface area contributed by atoms with Gasteiger partial charge in [-0.2, -0.15) is 27.8 Å². The number of fused-ring (bicyclic) bond motifs is 1. The number of nitrogens with zero attached hydrogens (tertiary/aromatic N) is 5. The Morgan fingerprint density at radius 2 is 1.75 bits per heavy atom. The molecule has 0 saturated carbocycles. The molecule has 4 aromatic rings. The molecule has 0 radical (unpaired) electrons. The van der Waals surface area contributed by atoms with E-state index in [1.165, 1.54) is 40.7 Å². The van der Waals surface area contributed by atoms with Gasteiger partial charge in [0.1, 0.15) is 5.82 Å². The molecule has 3 aromatic carbocycles. The van der Waals surface area contributed by atoms with E-state index in [9.17, 15) is 26.0 Å². The van der Waals surface area contributed by atoms with Gasteiger partial charge < -0.3 is 0 Å². The largest absolute Gasteiger partial charge is 0.390 e. The van der Waals surface area contributed by atoms with Crippen LogP contribution in [0.2, 0.25) is 0 Å². The summed E-state index contributed by atoms with van der Waals surface area (Å²) >= 11 is 0. The van der Waals surface area contributed by atoms with Crippen LogP contribution in [-0.4, -0.2) is 59.8 Å². The molecule has 1 saturated heterocycles. The van der Waals surface area contributed by atoms with Crippen molar-refractivity contribution < 1.29 is 26.0 Å². The third kappa shape index (κ3) is 5.58. The highest BCUT2D eigenvalue weighted by Crippen LogP contribution is 2.35. The van der Waals surface area contributed by atoms with Crippen LogP contribution < -0.4 is 0 Å². The third-order valence-corrected chi connectivity index (χ3v) is 9.02. The normalized spacial score (nSPS) is 17.2. The lowest BCUT2D eigenvalue weighted by molar-refractivity contribution is -0.140. The fourth-order valence-electron chi connectivity index (χ4n) is 5.04. The van der Waals surface area contributed by atoms with Gasteiger partial charge in [0.15, 0.2) is 0 Å². The number of hydrogen-bond donors (Lipinski definition) is 0. The number of aryl methyl sites for hydroxylation is 1. The van der Waals surface area contributed by atoms with Crippen molar-refractivity contribution in [2.24, 2.45) is 0 Å². The van der Waals surface area contributed by atoms with Gasteiger partial charge in [-0.1, -0.05) is 0 Å². The van der Waals surface area contributed by atoms with Crippen molar-refractivity contribution in [3.05, 3.63) is 89.4 Å². The number of alkyl halides is 3. The predicted molar refractivity (Wildman–Crippen MR) is 141 cm³/mol. The van der Waals surface area contributed by atoms with Crippen LogP contribution in [0.15, 0.2) is 71.8 Å². The summed E-state index contributed by atoms with van der Waals surface area (Å²) in [6, 6.07) is 16.4. The molecule has 1 aromatic heterocycles. The Hall–Kier alpha value is -3.79. The van der Waals surface area contributed by atoms with Crippen LogP contribution in [0.3, 0.4) is 0 Å². The average molecular weight is 572 g/mol. The maximum absolute atomic E-state index is 13.5. The van der Waals surface area contributed by atoms with E-state index in [0.717, 1.165) is 11.1 Å². The highest BCUT2D eigenvalue weighted by Gasteiger charge is 2.37. The fourth-order valence-corrected chi connectivity index (χ4v) is 6.48. The molecule has 1 aliphatic rings. The summed E-state index contributed by atoms with van der Waals surface area (Å²) in [6.07, 6.45) is -3.75. The lowest BCUT2D eigenvalue weighted by Crippen LogP contribution is -2.51. The monoisotopic (exact) mass is 571 g/mol. The van der Waals surface area contributed by atoms with Gasteiger partial charge in [0.25, 0.3) is 0 Å². The minimum Gasteiger partial charge on any atom is -0.293 e. The van der Waals surface area contributed by atoms with Crippen molar-refractivity contribution >= 4 is 20.9 Å². The quantitative estimate of drug-likeness (QED) is 0.292. The molecule has 12 heteroatoms. The van der Waals surface area contributed by atoms with Gasteiger partial charge in [-0.3, -0.25) is 4.90 Å². The second-order valence-electron chi connectivity index (χ2n) is 9.72. The van der Waals surface area contributed by atoms with Crippen molar-refractivity contribution in [3.8, 4) is 11.8 Å². The van der Waals surface area contributed by atoms with Crippen LogP contribution in [-0.2, 0) is 10.0 Å². The minimum atomic E-state index is -4.36. The van der Waals surface area contributed by atoms with E-state index in [1.807, 2.05) is 25.1 Å². The molecular weight excluding hydrogens is 546 g/mol. The van der Waals surface area contributed by atoms with Crippen LogP contribution >= 0.6 is 0 Å². The van der Waals surface area contributed by atoms with Crippen LogP contribution in [0.1, 0.15) is 29.2 Å². The lowest BCUT2D eigenvalue weighted by Gasteiger charge is -2.41. The molecule has 1 fully saturated rings. The number of hydrogen-bond acceptors (Lipinski definition) is 5. The first-order valence-electron chi connectivity index (χ1n) is 12.5. The van der Waals surface area contributed by atoms with Crippen LogP contribution in [0.5, 0.6) is 0 Å². The van der Waals surface area contributed by atoms with Crippen molar-refractivity contribution in [2.75, 3.05) is 26.2 Å². The van der Waals surface area contributed by atoms with Gasteiger partial charge in [0.05, 0.1) is 40.3 Å². The van der Waals surface area contributed by atoms with Gasteiger partial charge in [0.2, 0.25) is 10.0 Å². The zero-order valence-electron chi connectivity index (χ0n) is 21.4. The fraction of sp³-hybridized carbons (Fsp3) is 0.286. The highest BCUT2D eigenvalue weighted by atomic mass is 32.2. The van der Waals surface area contributed by atoms with Crippen LogP contribution in [0.25, 0.3) is 16.6 Å². The second-order valence-corrected chi connectivity index (χ2v) is 11.7. The third-order valence-electron chi connectivity index (χ3n) is 7.14. The molecule has 0 bridgehead atoms. The molecule has 208 valence electrons. The van der Waals surface area contributed by atoms with E-state index in [4.69, 9.17) is 5.26 Å². The summed E-state index contributed by atoms with van der Waals surface area (Å²) in [5.74, 6) is -0.379. The van der Waals surface area contributed by atoms with Crippen LogP contribution in [0, 0.1) is 24.1 Å². The van der Waals surface area contributed by atoms with Gasteiger partial charge in [-0.25, -0.2) is 17.5 Å². The minimum absolute atomic E-state index is 0.0155. The molecule has 7 nitrogen and oxygen atoms in total. The SMILES string of the molecule is Cc1cc2c(cnn2-c2ccc(F)cc2)cc1C1CN(S(=O)(=O)c2ccc(C#N)cc2)CCN1CCC(F)(F)F. The maximum atomic E-state index is 13.5. The van der Waals surface area contributed by atoms with Gasteiger partial charge in [0, 0.05) is 37.6 Å². The molecule has 1 aliphatic heterocycles. The standard InChI is InChI=1S/C28H25F4N5O2S/c1-19-14-26-21(17-34-37(26)23-6-4-22(29)5-7-23)15-25(19)27-18-36(13-12-35(27)11-10-28(30,31)32)40(38,39)24-8-2-20(16-33)3-9-24/h2-9,14-15,17,27H,10-13,18H2,1H3. The summed E-state index contributed by atoms with van der Waals surface area (Å²) in [7, 11) is -3.96. The van der Waals surface area contributed by atoms with Crippen molar-refractivity contribution in [1.29, 1.82) is 5.26 Å². The van der Waals surface area contributed by atoms with E-state index in [-0.39, 0.29) is 36.9 Å². The first kappa shape index (κ1) is 27.8. The number of piperazine rings is 1. The predicted octanol–water partition coefficient (Wildman–Crippen LogP) is 5.34. The first-order chi connectivity index (χ1) is 19.0. The number of rotatable bonds is 6. The Morgan fingerprint density at radius 3 is 2.40 bits per heavy atom. The molecule has 2 heterocycles. The Balaban J connectivity index is 1.51. The van der Waals surface area contributed by atoms with E-state index in [1.54, 1.807) is 27.9 Å². The second kappa shape index (κ2) is 10.6. The average Bonchev–Trinajstić information content (AvgIpc) is 3.34. The molecule has 0 amide bonds. The van der Waals surface area contributed by atoms with Crippen molar-refractivity contribution in [1.82, 2.24) is 19.0 Å². The van der Waals surface area contributed by atoms with Gasteiger partial charge in [-0.15, -0.1) is 0 Å². The number of sulfonamides is 1. The number of aromatic nitrogens is 2. The molecule has 40 heavy (non-hydrogen) atoms. The Labute approximate surface area is 228 Å². The van der Waals surface area contributed by atoms with Gasteiger partial charge >= 0.3 is 6.18 Å². The molecular formula is C28H25F4N5O2S. The van der Waals surface area contributed by atoms with E-state index in [0.29, 0.717) is 22.2 Å². The van der Waals surface area contributed by atoms with Gasteiger partial charge in [-0.05, 0) is 78.7 Å². The smallest absolute Gasteiger partial charge is 0.293 e. The van der Waals surface area contributed by atoms with Crippen molar-refractivity contribution in [2.45, 2.75) is 30.5 Å². The van der Waals surface area contributed by atoms with E-state index < -0.39 is 28.7 Å². The summed E-state index contributed by atoms with van der Waals surface area (Å²) in [5, 5.41) is 14.2. The molecule has 0 aliphatic carbocycles. The maximum Gasteiger partial charge on any atom is 0.390 e. The first-order valence-corrected chi connectivity index (χ1v) is 14.0. The Morgan fingerprint density at radius 1 is 1.05 bits per heavy atom. The Bertz CT molecular complexity index is 1680. The molecule has 5 rings (SSSR count). The highest BCUT2D eigenvalue weighted by molar-refractivity contribution is 7.89. The summed E-state index contributed by atoms with van der Waals surface area (Å²) in [5.41, 5.74) is 3.16. The number of nitriles is 1. The molecule has 0 spiro atoms. The number of benzene rings is 3. The molecule has 1 atom stereocenters. The van der Waals surface area contributed by atoms with E-state index >= 15 is 0 Å². The molecule has 0 N–H and O–H groups in total. The molecule has 1 unspecified atom stereocenters. The number of halogens is 4. The summed E-state index contributed by atoms with van der Waals surface area (Å²) < 4.78 is 82.8. The Kier molecular flexibility index (Phi) is 7.39. The van der Waals surface area contributed by atoms with Crippen molar-refractivity contribution in [3.63, 3.8) is 0 Å². The summed E-state index contributed by atoms with van der Waals surface area (Å²) in [4.78, 5) is 1.69. The lowest BCUT2D eigenvalue weighted by atomic mass is 9.96. The topological polar surface area (TPSA) is 82.2 Å².